The van der Waals surface area contributed by atoms with Crippen molar-refractivity contribution in [1.82, 2.24) is 15.3 Å². The molecule has 0 spiro atoms. The number of benzene rings is 2. The number of rotatable bonds is 8. The summed E-state index contributed by atoms with van der Waals surface area (Å²) in [7, 11) is 1.70. The van der Waals surface area contributed by atoms with Crippen LogP contribution in [-0.4, -0.2) is 68.1 Å². The summed E-state index contributed by atoms with van der Waals surface area (Å²) in [6.07, 6.45) is 1.89. The smallest absolute Gasteiger partial charge is 0.232 e. The quantitative estimate of drug-likeness (QED) is 0.344. The molecule has 1 fully saturated rings. The molecule has 2 aromatic carbocycles. The lowest BCUT2D eigenvalue weighted by Gasteiger charge is -2.37. The van der Waals surface area contributed by atoms with Gasteiger partial charge in [-0.15, -0.1) is 0 Å². The van der Waals surface area contributed by atoms with Crippen molar-refractivity contribution in [2.45, 2.75) is 19.4 Å². The lowest BCUT2D eigenvalue weighted by atomic mass is 10.00. The van der Waals surface area contributed by atoms with Crippen LogP contribution < -0.4 is 25.3 Å². The number of ether oxygens (including phenoxy) is 1. The molecule has 194 valence electrons. The van der Waals surface area contributed by atoms with E-state index in [1.807, 2.05) is 0 Å². The third-order valence-electron chi connectivity index (χ3n) is 6.91. The maximum atomic E-state index is 5.53. The lowest BCUT2D eigenvalue weighted by molar-refractivity contribution is 0.196. The second kappa shape index (κ2) is 12.2. The summed E-state index contributed by atoms with van der Waals surface area (Å²) in [4.78, 5) is 16.9. The second-order valence-electron chi connectivity index (χ2n) is 9.39. The van der Waals surface area contributed by atoms with Crippen LogP contribution in [0.2, 0.25) is 0 Å². The fraction of sp³-hybridized carbons (Fsp3) is 0.393. The van der Waals surface area contributed by atoms with Gasteiger partial charge >= 0.3 is 0 Å². The van der Waals surface area contributed by atoms with Crippen LogP contribution in [0.25, 0.3) is 0 Å². The van der Waals surface area contributed by atoms with Crippen LogP contribution in [-0.2, 0) is 17.7 Å². The largest absolute Gasteiger partial charge is 0.385 e. The number of piperazine rings is 1. The van der Waals surface area contributed by atoms with Crippen molar-refractivity contribution in [2.24, 2.45) is 0 Å². The zero-order valence-electron chi connectivity index (χ0n) is 21.4. The van der Waals surface area contributed by atoms with Gasteiger partial charge < -0.3 is 30.1 Å². The van der Waals surface area contributed by atoms with Crippen molar-refractivity contribution >= 4 is 40.6 Å². The van der Waals surface area contributed by atoms with Gasteiger partial charge in [-0.2, -0.15) is 9.97 Å². The zero-order chi connectivity index (χ0) is 25.5. The van der Waals surface area contributed by atoms with Crippen LogP contribution in [0.4, 0.5) is 23.3 Å². The molecule has 2 N–H and O–H groups in total. The first-order valence-electron chi connectivity index (χ1n) is 13.0. The van der Waals surface area contributed by atoms with Crippen molar-refractivity contribution in [3.63, 3.8) is 0 Å². The normalized spacial score (nSPS) is 15.3. The van der Waals surface area contributed by atoms with Crippen molar-refractivity contribution < 1.29 is 4.74 Å². The number of fused-ring (bicyclic) bond motifs is 1. The van der Waals surface area contributed by atoms with Gasteiger partial charge in [-0.25, -0.2) is 0 Å². The predicted molar refractivity (Wildman–Crippen MR) is 155 cm³/mol. The third kappa shape index (κ3) is 6.47. The number of aromatic nitrogens is 2. The Kier molecular flexibility index (Phi) is 8.32. The van der Waals surface area contributed by atoms with Crippen molar-refractivity contribution in [2.75, 3.05) is 73.0 Å². The van der Waals surface area contributed by atoms with E-state index in [2.05, 4.69) is 86.0 Å². The van der Waals surface area contributed by atoms with Crippen LogP contribution in [0.5, 0.6) is 0 Å². The van der Waals surface area contributed by atoms with E-state index in [9.17, 15) is 0 Å². The molecule has 8 nitrogen and oxygen atoms in total. The Morgan fingerprint density at radius 1 is 0.865 bits per heavy atom. The van der Waals surface area contributed by atoms with E-state index in [-0.39, 0.29) is 0 Å². The number of hydrogen-bond acceptors (Lipinski definition) is 7. The van der Waals surface area contributed by atoms with Crippen LogP contribution in [0.15, 0.2) is 60.7 Å². The molecule has 37 heavy (non-hydrogen) atoms. The number of thiocarbonyl (C=S) groups is 1. The second-order valence-corrected chi connectivity index (χ2v) is 9.79. The minimum atomic E-state index is 0.525. The lowest BCUT2D eigenvalue weighted by Crippen LogP contribution is -2.47. The number of nitrogens with one attached hydrogen (secondary N) is 2. The maximum Gasteiger partial charge on any atom is 0.232 e. The van der Waals surface area contributed by atoms with Crippen molar-refractivity contribution in [3.05, 3.63) is 71.8 Å². The highest BCUT2D eigenvalue weighted by Gasteiger charge is 2.23. The van der Waals surface area contributed by atoms with Gasteiger partial charge in [-0.3, -0.25) is 0 Å². The molecule has 1 aromatic heterocycles. The molecule has 3 heterocycles. The molecule has 0 amide bonds. The molecule has 9 heteroatoms. The number of para-hydroxylation sites is 1. The highest BCUT2D eigenvalue weighted by molar-refractivity contribution is 7.80. The summed E-state index contributed by atoms with van der Waals surface area (Å²) in [6.45, 7) is 6.88. The predicted octanol–water partition coefficient (Wildman–Crippen LogP) is 3.69. The molecule has 0 aliphatic carbocycles. The van der Waals surface area contributed by atoms with E-state index >= 15 is 0 Å². The Bertz CT molecular complexity index is 1180. The first-order valence-corrected chi connectivity index (χ1v) is 13.4. The average molecular weight is 518 g/mol. The van der Waals surface area contributed by atoms with Gasteiger partial charge in [0.25, 0.3) is 0 Å². The molecule has 5 rings (SSSR count). The summed E-state index contributed by atoms with van der Waals surface area (Å²) in [5, 5.41) is 6.98. The molecule has 0 radical (unpaired) electrons. The van der Waals surface area contributed by atoms with Gasteiger partial charge in [0.2, 0.25) is 5.95 Å². The van der Waals surface area contributed by atoms with Gasteiger partial charge in [-0.05, 0) is 48.3 Å². The number of nitrogens with zero attached hydrogens (tertiary/aromatic N) is 5. The monoisotopic (exact) mass is 517 g/mol. The van der Waals surface area contributed by atoms with Crippen molar-refractivity contribution in [3.8, 4) is 0 Å². The fourth-order valence-corrected chi connectivity index (χ4v) is 5.08. The standard InChI is InChI=1S/C28H35N7OS/c1-36-19-7-13-29-28(37)32-27-30-25(34-17-15-33(16-18-34)24-10-3-2-4-11-24)20-26(31-27)35-14-12-22-8-5-6-9-23(22)21-35/h2-6,8-11,20H,7,12-19,21H2,1H3,(H2,29,30,31,32,37). The summed E-state index contributed by atoms with van der Waals surface area (Å²) in [6, 6.07) is 21.4. The average Bonchev–Trinajstić information content (AvgIpc) is 2.95. The summed E-state index contributed by atoms with van der Waals surface area (Å²) in [5.74, 6) is 2.39. The first kappa shape index (κ1) is 25.2. The first-order chi connectivity index (χ1) is 18.2. The van der Waals surface area contributed by atoms with Crippen molar-refractivity contribution in [1.29, 1.82) is 0 Å². The Balaban J connectivity index is 1.33. The van der Waals surface area contributed by atoms with Gasteiger partial charge in [0, 0.05) is 71.3 Å². The summed E-state index contributed by atoms with van der Waals surface area (Å²) in [5.41, 5.74) is 4.05. The Hall–Kier alpha value is -3.43. The van der Waals surface area contributed by atoms with E-state index < -0.39 is 0 Å². The zero-order valence-corrected chi connectivity index (χ0v) is 22.2. The molecular weight excluding hydrogens is 482 g/mol. The minimum absolute atomic E-state index is 0.525. The van der Waals surface area contributed by atoms with Gasteiger partial charge in [0.05, 0.1) is 0 Å². The highest BCUT2D eigenvalue weighted by Crippen LogP contribution is 2.28. The van der Waals surface area contributed by atoms with E-state index in [4.69, 9.17) is 26.9 Å². The SMILES string of the molecule is COCCCNC(=S)Nc1nc(N2CCN(c3ccccc3)CC2)cc(N2CCc3ccccc3C2)n1. The van der Waals surface area contributed by atoms with Gasteiger partial charge in [-0.1, -0.05) is 42.5 Å². The number of anilines is 4. The molecule has 0 atom stereocenters. The van der Waals surface area contributed by atoms with E-state index in [1.54, 1.807) is 7.11 Å². The highest BCUT2D eigenvalue weighted by atomic mass is 32.1. The number of hydrogen-bond donors (Lipinski definition) is 2. The minimum Gasteiger partial charge on any atom is -0.385 e. The van der Waals surface area contributed by atoms with Crippen LogP contribution >= 0.6 is 12.2 Å². The molecule has 0 bridgehead atoms. The third-order valence-corrected chi connectivity index (χ3v) is 7.16. The Morgan fingerprint density at radius 3 is 2.30 bits per heavy atom. The maximum absolute atomic E-state index is 5.53. The van der Waals surface area contributed by atoms with Gasteiger partial charge in [0.1, 0.15) is 11.6 Å². The Morgan fingerprint density at radius 2 is 1.54 bits per heavy atom. The van der Waals surface area contributed by atoms with E-state index in [0.29, 0.717) is 17.7 Å². The number of methoxy groups -OCH3 is 1. The molecule has 0 unspecified atom stereocenters. The van der Waals surface area contributed by atoms with Gasteiger partial charge in [0.15, 0.2) is 5.11 Å². The molecule has 1 saturated heterocycles. The van der Waals surface area contributed by atoms with Crippen LogP contribution in [0.3, 0.4) is 0 Å². The fourth-order valence-electron chi connectivity index (χ4n) is 4.89. The molecule has 0 saturated carbocycles. The summed E-state index contributed by atoms with van der Waals surface area (Å²) >= 11 is 5.53. The van der Waals surface area contributed by atoms with Crippen LogP contribution in [0.1, 0.15) is 17.5 Å². The molecule has 3 aromatic rings. The van der Waals surface area contributed by atoms with Crippen LogP contribution in [0, 0.1) is 0 Å². The molecule has 2 aliphatic rings. The van der Waals surface area contributed by atoms with E-state index in [1.165, 1.54) is 16.8 Å². The topological polar surface area (TPSA) is 68.8 Å². The van der Waals surface area contributed by atoms with E-state index in [0.717, 1.165) is 70.3 Å². The summed E-state index contributed by atoms with van der Waals surface area (Å²) < 4.78 is 5.13. The molecule has 2 aliphatic heterocycles. The molecular formula is C28H35N7OS. The Labute approximate surface area is 224 Å².